The van der Waals surface area contributed by atoms with Crippen LogP contribution < -0.4 is 4.74 Å². The molecule has 102 valence electrons. The highest BCUT2D eigenvalue weighted by Gasteiger charge is 2.17. The Morgan fingerprint density at radius 1 is 1.25 bits per heavy atom. The molecule has 2 rings (SSSR count). The first kappa shape index (κ1) is 14.0. The van der Waals surface area contributed by atoms with Crippen LogP contribution in [0.15, 0.2) is 36.4 Å². The fourth-order valence-corrected chi connectivity index (χ4v) is 1.91. The molecule has 0 saturated heterocycles. The standard InChI is InChI=1S/C14H10ClNO4/c1-9-5-6-14(12(7-9)16(18)19)20-13-4-2-3-11(15)10(13)8-17/h2-8H,1H3. The molecule has 0 heterocycles. The van der Waals surface area contributed by atoms with Crippen molar-refractivity contribution in [3.05, 3.63) is 62.7 Å². The second-order valence-electron chi connectivity index (χ2n) is 4.10. The number of aldehydes is 1. The van der Waals surface area contributed by atoms with Gasteiger partial charge in [-0.3, -0.25) is 14.9 Å². The number of ether oxygens (including phenoxy) is 1. The average Bonchev–Trinajstić information content (AvgIpc) is 2.41. The Morgan fingerprint density at radius 2 is 2.00 bits per heavy atom. The quantitative estimate of drug-likeness (QED) is 0.482. The van der Waals surface area contributed by atoms with Crippen LogP contribution in [0.5, 0.6) is 11.5 Å². The summed E-state index contributed by atoms with van der Waals surface area (Å²) in [6, 6.07) is 9.25. The molecule has 0 aliphatic carbocycles. The molecule has 0 atom stereocenters. The van der Waals surface area contributed by atoms with Crippen LogP contribution in [-0.4, -0.2) is 11.2 Å². The molecule has 0 radical (unpaired) electrons. The Kier molecular flexibility index (Phi) is 4.00. The number of nitrogens with zero attached hydrogens (tertiary/aromatic N) is 1. The lowest BCUT2D eigenvalue weighted by atomic mass is 10.2. The molecule has 0 aliphatic heterocycles. The number of hydrogen-bond donors (Lipinski definition) is 0. The van der Waals surface area contributed by atoms with Crippen LogP contribution in [0.2, 0.25) is 5.02 Å². The maximum absolute atomic E-state index is 11.0. The summed E-state index contributed by atoms with van der Waals surface area (Å²) in [4.78, 5) is 21.5. The van der Waals surface area contributed by atoms with Crippen molar-refractivity contribution >= 4 is 23.6 Å². The van der Waals surface area contributed by atoms with Crippen molar-refractivity contribution in [1.82, 2.24) is 0 Å². The van der Waals surface area contributed by atoms with Crippen LogP contribution in [0, 0.1) is 17.0 Å². The van der Waals surface area contributed by atoms with Gasteiger partial charge in [-0.25, -0.2) is 0 Å². The van der Waals surface area contributed by atoms with E-state index < -0.39 is 4.92 Å². The number of aryl methyl sites for hydroxylation is 1. The third kappa shape index (κ3) is 2.78. The number of nitro groups is 1. The van der Waals surface area contributed by atoms with Crippen LogP contribution >= 0.6 is 11.6 Å². The van der Waals surface area contributed by atoms with Crippen molar-refractivity contribution in [2.24, 2.45) is 0 Å². The lowest BCUT2D eigenvalue weighted by molar-refractivity contribution is -0.385. The molecular weight excluding hydrogens is 282 g/mol. The highest BCUT2D eigenvalue weighted by atomic mass is 35.5. The summed E-state index contributed by atoms with van der Waals surface area (Å²) >= 11 is 5.88. The largest absolute Gasteiger partial charge is 0.449 e. The van der Waals surface area contributed by atoms with Crippen molar-refractivity contribution in [1.29, 1.82) is 0 Å². The van der Waals surface area contributed by atoms with Gasteiger partial charge in [0.2, 0.25) is 5.75 Å². The van der Waals surface area contributed by atoms with Crippen molar-refractivity contribution in [3.63, 3.8) is 0 Å². The van der Waals surface area contributed by atoms with E-state index in [9.17, 15) is 14.9 Å². The first-order valence-electron chi connectivity index (χ1n) is 5.69. The van der Waals surface area contributed by atoms with E-state index in [1.807, 2.05) is 0 Å². The lowest BCUT2D eigenvalue weighted by Crippen LogP contribution is -1.96. The minimum atomic E-state index is -0.534. The number of carbonyl (C=O) groups is 1. The highest BCUT2D eigenvalue weighted by Crippen LogP contribution is 2.34. The van der Waals surface area contributed by atoms with E-state index in [2.05, 4.69) is 0 Å². The van der Waals surface area contributed by atoms with Crippen LogP contribution in [0.4, 0.5) is 5.69 Å². The van der Waals surface area contributed by atoms with Gasteiger partial charge < -0.3 is 4.74 Å². The summed E-state index contributed by atoms with van der Waals surface area (Å²) in [5.41, 5.74) is 0.733. The number of halogens is 1. The summed E-state index contributed by atoms with van der Waals surface area (Å²) in [5, 5.41) is 11.2. The monoisotopic (exact) mass is 291 g/mol. The molecule has 0 fully saturated rings. The van der Waals surface area contributed by atoms with Crippen molar-refractivity contribution in [3.8, 4) is 11.5 Å². The highest BCUT2D eigenvalue weighted by molar-refractivity contribution is 6.33. The Morgan fingerprint density at radius 3 is 2.65 bits per heavy atom. The molecule has 6 heteroatoms. The van der Waals surface area contributed by atoms with Crippen molar-refractivity contribution in [2.75, 3.05) is 0 Å². The van der Waals surface area contributed by atoms with Gasteiger partial charge in [0.25, 0.3) is 0 Å². The van der Waals surface area contributed by atoms with E-state index in [0.717, 1.165) is 5.56 Å². The molecule has 20 heavy (non-hydrogen) atoms. The molecule has 0 aliphatic rings. The van der Waals surface area contributed by atoms with E-state index in [-0.39, 0.29) is 27.8 Å². The van der Waals surface area contributed by atoms with Gasteiger partial charge in [-0.2, -0.15) is 0 Å². The average molecular weight is 292 g/mol. The van der Waals surface area contributed by atoms with Gasteiger partial charge in [-0.05, 0) is 30.7 Å². The zero-order chi connectivity index (χ0) is 14.7. The van der Waals surface area contributed by atoms with Crippen molar-refractivity contribution in [2.45, 2.75) is 6.92 Å². The zero-order valence-electron chi connectivity index (χ0n) is 10.5. The third-order valence-corrected chi connectivity index (χ3v) is 2.99. The zero-order valence-corrected chi connectivity index (χ0v) is 11.3. The van der Waals surface area contributed by atoms with E-state index >= 15 is 0 Å². The van der Waals surface area contributed by atoms with Crippen LogP contribution in [-0.2, 0) is 0 Å². The molecule has 2 aromatic rings. The summed E-state index contributed by atoms with van der Waals surface area (Å²) in [6.07, 6.45) is 0.553. The first-order chi connectivity index (χ1) is 9.52. The van der Waals surface area contributed by atoms with Gasteiger partial charge in [-0.15, -0.1) is 0 Å². The number of carbonyl (C=O) groups excluding carboxylic acids is 1. The molecule has 0 aromatic heterocycles. The Labute approximate surface area is 119 Å². The predicted octanol–water partition coefficient (Wildman–Crippen LogP) is 4.16. The predicted molar refractivity (Wildman–Crippen MR) is 74.7 cm³/mol. The summed E-state index contributed by atoms with van der Waals surface area (Å²) in [7, 11) is 0. The minimum absolute atomic E-state index is 0.0611. The summed E-state index contributed by atoms with van der Waals surface area (Å²) in [5.74, 6) is 0.241. The van der Waals surface area contributed by atoms with Gasteiger partial charge in [0.15, 0.2) is 6.29 Å². The molecule has 0 bridgehead atoms. The normalized spacial score (nSPS) is 10.1. The minimum Gasteiger partial charge on any atom is -0.449 e. The first-order valence-corrected chi connectivity index (χ1v) is 6.07. The van der Waals surface area contributed by atoms with E-state index in [0.29, 0.717) is 6.29 Å². The van der Waals surface area contributed by atoms with Crippen molar-refractivity contribution < 1.29 is 14.5 Å². The molecule has 2 aromatic carbocycles. The second kappa shape index (κ2) is 5.71. The maximum Gasteiger partial charge on any atom is 0.311 e. The summed E-state index contributed by atoms with van der Waals surface area (Å²) < 4.78 is 5.47. The molecule has 0 amide bonds. The number of hydrogen-bond acceptors (Lipinski definition) is 4. The van der Waals surface area contributed by atoms with E-state index in [4.69, 9.17) is 16.3 Å². The topological polar surface area (TPSA) is 69.4 Å². The molecule has 0 N–H and O–H groups in total. The van der Waals surface area contributed by atoms with Crippen LogP contribution in [0.3, 0.4) is 0 Å². The van der Waals surface area contributed by atoms with Gasteiger partial charge in [0.05, 0.1) is 15.5 Å². The molecule has 0 saturated carbocycles. The van der Waals surface area contributed by atoms with E-state index in [1.54, 1.807) is 25.1 Å². The SMILES string of the molecule is Cc1ccc(Oc2cccc(Cl)c2C=O)c([N+](=O)[O-])c1. The molecule has 0 unspecified atom stereocenters. The third-order valence-electron chi connectivity index (χ3n) is 2.66. The summed E-state index contributed by atoms with van der Waals surface area (Å²) in [6.45, 7) is 1.74. The second-order valence-corrected chi connectivity index (χ2v) is 4.51. The smallest absolute Gasteiger partial charge is 0.311 e. The molecule has 5 nitrogen and oxygen atoms in total. The van der Waals surface area contributed by atoms with Gasteiger partial charge >= 0.3 is 5.69 Å². The molecular formula is C14H10ClNO4. The molecule has 0 spiro atoms. The van der Waals surface area contributed by atoms with Gasteiger partial charge in [0, 0.05) is 6.07 Å². The van der Waals surface area contributed by atoms with E-state index in [1.165, 1.54) is 18.2 Å². The lowest BCUT2D eigenvalue weighted by Gasteiger charge is -2.09. The number of rotatable bonds is 4. The number of nitro benzene ring substituents is 1. The number of benzene rings is 2. The van der Waals surface area contributed by atoms with Gasteiger partial charge in [-0.1, -0.05) is 23.7 Å². The van der Waals surface area contributed by atoms with Crippen LogP contribution in [0.1, 0.15) is 15.9 Å². The Bertz CT molecular complexity index is 685. The van der Waals surface area contributed by atoms with Crippen LogP contribution in [0.25, 0.3) is 0 Å². The Hall–Kier alpha value is -2.40. The maximum atomic E-state index is 11.0. The Balaban J connectivity index is 2.48. The fraction of sp³-hybridized carbons (Fsp3) is 0.0714. The fourth-order valence-electron chi connectivity index (χ4n) is 1.70. The van der Waals surface area contributed by atoms with Gasteiger partial charge in [0.1, 0.15) is 5.75 Å².